The molecule has 3 aromatic carbocycles. The number of non-ortho nitro benzene ring substituents is 1. The maximum Gasteiger partial charge on any atom is 0.404 e. The number of aromatic nitrogens is 1. The van der Waals surface area contributed by atoms with Gasteiger partial charge < -0.3 is 31.0 Å². The van der Waals surface area contributed by atoms with Crippen LogP contribution in [0.4, 0.5) is 15.5 Å². The van der Waals surface area contributed by atoms with Gasteiger partial charge in [0.05, 0.1) is 15.6 Å². The molecule has 1 fully saturated rings. The number of thiazole rings is 1. The molecule has 2 aliphatic heterocycles. The van der Waals surface area contributed by atoms with Crippen molar-refractivity contribution in [2.75, 3.05) is 30.4 Å². The molecular formula is C40H42N8O14S4. The normalized spacial score (nSPS) is 16.7. The molecule has 0 saturated carbocycles. The lowest BCUT2D eigenvalue weighted by atomic mass is 10.0. The van der Waals surface area contributed by atoms with Crippen LogP contribution in [-0.2, 0) is 48.6 Å². The SMILES string of the molecule is CC(C)(C)OC(=O)c1nc([C@@H](NS(=O)(=O)CCNS(=O)(=O)c2ccc([N+](=O)[O-])cc2)C(=O)N[C@@H]2C(=O)N3C(C(=O)OC(c4ccccc4)c4ccccc4)=C(COC(N)=O)CS[C@H]23)c(N)s1. The lowest BCUT2D eigenvalue weighted by Gasteiger charge is -2.50. The highest BCUT2D eigenvalue weighted by Crippen LogP contribution is 2.42. The van der Waals surface area contributed by atoms with E-state index >= 15 is 0 Å². The Morgan fingerprint density at radius 3 is 2.12 bits per heavy atom. The first kappa shape index (κ1) is 49.0. The van der Waals surface area contributed by atoms with Gasteiger partial charge >= 0.3 is 18.0 Å². The summed E-state index contributed by atoms with van der Waals surface area (Å²) in [5, 5.41) is 11.9. The van der Waals surface area contributed by atoms with Crippen LogP contribution in [-0.4, -0.2) is 103 Å². The molecule has 7 N–H and O–H groups in total. The van der Waals surface area contributed by atoms with E-state index in [1.807, 2.05) is 0 Å². The van der Waals surface area contributed by atoms with Crippen molar-refractivity contribution in [1.82, 2.24) is 24.6 Å². The number of fused-ring (bicyclic) bond motifs is 1. The highest BCUT2D eigenvalue weighted by molar-refractivity contribution is 8.00. The zero-order valence-electron chi connectivity index (χ0n) is 35.1. The molecule has 0 radical (unpaired) electrons. The van der Waals surface area contributed by atoms with E-state index in [4.69, 9.17) is 25.7 Å². The topological polar surface area (TPSA) is 329 Å². The number of amides is 3. The van der Waals surface area contributed by atoms with Gasteiger partial charge in [0.25, 0.3) is 11.6 Å². The second-order valence-corrected chi connectivity index (χ2v) is 21.1. The van der Waals surface area contributed by atoms with Crippen molar-refractivity contribution in [3.05, 3.63) is 128 Å². The number of nitro benzene ring substituents is 1. The van der Waals surface area contributed by atoms with Gasteiger partial charge in [0.2, 0.25) is 31.0 Å². The minimum Gasteiger partial charge on any atom is -0.455 e. The van der Waals surface area contributed by atoms with Crippen molar-refractivity contribution >= 4 is 83.7 Å². The van der Waals surface area contributed by atoms with E-state index < -0.39 is 113 Å². The summed E-state index contributed by atoms with van der Waals surface area (Å²) in [5.41, 5.74) is 10.7. The van der Waals surface area contributed by atoms with Crippen molar-refractivity contribution in [2.24, 2.45) is 5.73 Å². The summed E-state index contributed by atoms with van der Waals surface area (Å²) >= 11 is 1.65. The number of carbonyl (C=O) groups excluding carboxylic acids is 5. The number of esters is 2. The van der Waals surface area contributed by atoms with E-state index in [1.165, 1.54) is 0 Å². The molecule has 6 rings (SSSR count). The fraction of sp³-hybridized carbons (Fsp3) is 0.300. The van der Waals surface area contributed by atoms with Crippen LogP contribution < -0.4 is 26.2 Å². The second kappa shape index (κ2) is 20.0. The largest absolute Gasteiger partial charge is 0.455 e. The number of ether oxygens (including phenoxy) is 3. The molecule has 0 spiro atoms. The number of nitrogens with one attached hydrogen (secondary N) is 3. The summed E-state index contributed by atoms with van der Waals surface area (Å²) in [4.78, 5) is 82.3. The van der Waals surface area contributed by atoms with Crippen LogP contribution in [0.1, 0.15) is 59.5 Å². The maximum absolute atomic E-state index is 14.3. The van der Waals surface area contributed by atoms with Crippen LogP contribution in [0.25, 0.3) is 0 Å². The van der Waals surface area contributed by atoms with Gasteiger partial charge in [-0.3, -0.25) is 24.6 Å². The predicted molar refractivity (Wildman–Crippen MR) is 238 cm³/mol. The van der Waals surface area contributed by atoms with Crippen LogP contribution >= 0.6 is 23.1 Å². The summed E-state index contributed by atoms with van der Waals surface area (Å²) in [7, 11) is -9.04. The number of rotatable bonds is 18. The van der Waals surface area contributed by atoms with Crippen LogP contribution in [0, 0.1) is 10.1 Å². The third-order valence-electron chi connectivity index (χ3n) is 9.46. The number of sulfonamides is 2. The Kier molecular flexibility index (Phi) is 14.8. The number of primary amides is 1. The number of nitro groups is 1. The molecule has 22 nitrogen and oxygen atoms in total. The molecule has 3 atom stereocenters. The average molecular weight is 987 g/mol. The van der Waals surface area contributed by atoms with E-state index in [1.54, 1.807) is 81.4 Å². The van der Waals surface area contributed by atoms with Gasteiger partial charge in [-0.05, 0) is 44.0 Å². The van der Waals surface area contributed by atoms with Crippen LogP contribution in [0.15, 0.2) is 101 Å². The van der Waals surface area contributed by atoms with E-state index in [-0.39, 0.29) is 32.7 Å². The maximum atomic E-state index is 14.3. The molecule has 1 aromatic heterocycles. The summed E-state index contributed by atoms with van der Waals surface area (Å²) in [5.74, 6) is -4.94. The third-order valence-corrected chi connectivity index (χ3v) is 14.5. The molecule has 3 heterocycles. The smallest absolute Gasteiger partial charge is 0.404 e. The monoisotopic (exact) mass is 986 g/mol. The van der Waals surface area contributed by atoms with Gasteiger partial charge in [0.15, 0.2) is 6.10 Å². The number of hydrogen-bond acceptors (Lipinski definition) is 18. The van der Waals surface area contributed by atoms with E-state index in [0.29, 0.717) is 22.5 Å². The Hall–Kier alpha value is -6.45. The first-order valence-electron chi connectivity index (χ1n) is 19.5. The van der Waals surface area contributed by atoms with Crippen LogP contribution in [0.2, 0.25) is 0 Å². The molecule has 66 heavy (non-hydrogen) atoms. The molecule has 0 bridgehead atoms. The zero-order valence-corrected chi connectivity index (χ0v) is 38.3. The van der Waals surface area contributed by atoms with Crippen molar-refractivity contribution in [2.45, 2.75) is 54.8 Å². The molecule has 2 aliphatic rings. The standard InChI is InChI=1S/C40H42N8O14S4/c1-40(2,3)62-38(52)34-45-27(32(41)64-34)28(46-65(56,57)19-18-43-66(58,59)26-16-14-25(15-17-26)48(54)55)33(49)44-29-35(50)47-30(24(20-60-39(42)53)21-63-36(29)47)37(51)61-31(22-10-6-4-7-11-22)23-12-8-5-9-13-23/h4-17,28-29,31,36,43,46H,18-21,41H2,1-3H3,(H2,42,53)(H,44,49)/t28-,29-,36-/m1/s1. The molecule has 0 aliphatic carbocycles. The fourth-order valence-corrected chi connectivity index (χ4v) is 10.8. The number of carbonyl (C=O) groups is 5. The second-order valence-electron chi connectivity index (χ2n) is 15.4. The number of nitrogen functional groups attached to an aromatic ring is 1. The number of anilines is 1. The lowest BCUT2D eigenvalue weighted by Crippen LogP contribution is -2.71. The Morgan fingerprint density at radius 2 is 1.56 bits per heavy atom. The summed E-state index contributed by atoms with van der Waals surface area (Å²) in [6, 6.07) is 17.9. The van der Waals surface area contributed by atoms with Crippen molar-refractivity contribution in [1.29, 1.82) is 0 Å². The Balaban J connectivity index is 1.25. The first-order valence-corrected chi connectivity index (χ1v) is 24.5. The molecule has 0 unspecified atom stereocenters. The van der Waals surface area contributed by atoms with Gasteiger partial charge in [0.1, 0.15) is 46.1 Å². The van der Waals surface area contributed by atoms with Crippen LogP contribution in [0.5, 0.6) is 0 Å². The average Bonchev–Trinajstić information content (AvgIpc) is 3.66. The number of nitrogens with zero attached hydrogens (tertiary/aromatic N) is 3. The number of benzene rings is 3. The number of thioether (sulfide) groups is 1. The van der Waals surface area contributed by atoms with Crippen LogP contribution in [0.3, 0.4) is 0 Å². The number of β-lactam (4-membered cyclic amide) rings is 1. The number of hydrogen-bond donors (Lipinski definition) is 5. The van der Waals surface area contributed by atoms with Gasteiger partial charge in [-0.25, -0.2) is 40.9 Å². The fourth-order valence-electron chi connectivity index (χ4n) is 6.50. The van der Waals surface area contributed by atoms with Gasteiger partial charge in [0, 0.05) is 30.0 Å². The molecule has 4 aromatic rings. The van der Waals surface area contributed by atoms with Gasteiger partial charge in [-0.15, -0.1) is 11.8 Å². The predicted octanol–water partition coefficient (Wildman–Crippen LogP) is 2.61. The first-order chi connectivity index (χ1) is 31.0. The van der Waals surface area contributed by atoms with Crippen molar-refractivity contribution in [3.63, 3.8) is 0 Å². The summed E-state index contributed by atoms with van der Waals surface area (Å²) < 4.78 is 73.6. The molecular weight excluding hydrogens is 945 g/mol. The summed E-state index contributed by atoms with van der Waals surface area (Å²) in [6.07, 6.45) is -2.11. The summed E-state index contributed by atoms with van der Waals surface area (Å²) in [6.45, 7) is 3.52. The zero-order chi connectivity index (χ0) is 48.1. The van der Waals surface area contributed by atoms with E-state index in [0.717, 1.165) is 40.9 Å². The number of nitrogens with two attached hydrogens (primary N) is 2. The molecule has 3 amide bonds. The minimum atomic E-state index is -4.67. The van der Waals surface area contributed by atoms with Crippen molar-refractivity contribution < 1.29 is 59.9 Å². The third kappa shape index (κ3) is 11.7. The highest BCUT2D eigenvalue weighted by Gasteiger charge is 2.55. The Labute approximate surface area is 385 Å². The quantitative estimate of drug-likeness (QED) is 0.0314. The van der Waals surface area contributed by atoms with Gasteiger partial charge in [-0.1, -0.05) is 72.0 Å². The molecule has 1 saturated heterocycles. The van der Waals surface area contributed by atoms with Crippen molar-refractivity contribution in [3.8, 4) is 0 Å². The molecule has 350 valence electrons. The highest BCUT2D eigenvalue weighted by atomic mass is 32.2. The van der Waals surface area contributed by atoms with Gasteiger partial charge in [-0.2, -0.15) is 4.72 Å². The van der Waals surface area contributed by atoms with E-state index in [2.05, 4.69) is 19.7 Å². The minimum absolute atomic E-state index is 0.0238. The lowest BCUT2D eigenvalue weighted by molar-refractivity contribution is -0.384. The van der Waals surface area contributed by atoms with E-state index in [9.17, 15) is 50.9 Å². The Bertz CT molecular complexity index is 2740. The molecule has 26 heteroatoms. The Morgan fingerprint density at radius 1 is 0.955 bits per heavy atom.